The average molecular weight is 346 g/mol. The second kappa shape index (κ2) is 7.13. The van der Waals surface area contributed by atoms with E-state index in [0.29, 0.717) is 12.0 Å². The molecule has 1 atom stereocenters. The van der Waals surface area contributed by atoms with Crippen molar-refractivity contribution in [1.82, 2.24) is 0 Å². The first-order valence-electron chi connectivity index (χ1n) is 7.56. The lowest BCUT2D eigenvalue weighted by atomic mass is 10.00. The molecule has 21 heavy (non-hydrogen) atoms. The van der Waals surface area contributed by atoms with E-state index in [1.165, 1.54) is 16.7 Å². The molecule has 0 amide bonds. The van der Waals surface area contributed by atoms with E-state index in [-0.39, 0.29) is 0 Å². The monoisotopic (exact) mass is 345 g/mol. The van der Waals surface area contributed by atoms with E-state index in [9.17, 15) is 0 Å². The first-order chi connectivity index (χ1) is 9.94. The molecule has 0 aliphatic heterocycles. The smallest absolute Gasteiger partial charge is 0.0485 e. The van der Waals surface area contributed by atoms with E-state index in [1.807, 2.05) is 0 Å². The molecule has 0 aliphatic carbocycles. The molecule has 0 saturated carbocycles. The molecule has 2 heteroatoms. The highest BCUT2D eigenvalue weighted by atomic mass is 79.9. The Morgan fingerprint density at radius 1 is 1.00 bits per heavy atom. The third-order valence-corrected chi connectivity index (χ3v) is 4.01. The summed E-state index contributed by atoms with van der Waals surface area (Å²) in [5.41, 5.74) is 5.14. The van der Waals surface area contributed by atoms with Crippen LogP contribution in [0.25, 0.3) is 0 Å². The molecular formula is C19H24BrN. The number of anilines is 1. The summed E-state index contributed by atoms with van der Waals surface area (Å²) < 4.78 is 1.12. The maximum absolute atomic E-state index is 3.57. The van der Waals surface area contributed by atoms with Crippen molar-refractivity contribution in [2.45, 2.75) is 40.2 Å². The average Bonchev–Trinajstić information content (AvgIpc) is 2.37. The second-order valence-electron chi connectivity index (χ2n) is 6.22. The molecule has 0 aromatic heterocycles. The maximum Gasteiger partial charge on any atom is 0.0485 e. The van der Waals surface area contributed by atoms with Gasteiger partial charge in [-0.3, -0.25) is 0 Å². The van der Waals surface area contributed by atoms with Crippen molar-refractivity contribution in [2.24, 2.45) is 5.92 Å². The topological polar surface area (TPSA) is 12.0 Å². The minimum atomic E-state index is 0.298. The number of aryl methyl sites for hydroxylation is 1. The van der Waals surface area contributed by atoms with Crippen molar-refractivity contribution in [2.75, 3.05) is 5.32 Å². The SMILES string of the molecule is Cc1cc(Br)cc(NC(C)c2ccc(CC(C)C)cc2)c1. The highest BCUT2D eigenvalue weighted by Gasteiger charge is 2.07. The van der Waals surface area contributed by atoms with Gasteiger partial charge in [-0.1, -0.05) is 54.0 Å². The van der Waals surface area contributed by atoms with Crippen LogP contribution in [-0.2, 0) is 6.42 Å². The van der Waals surface area contributed by atoms with Gasteiger partial charge in [0.2, 0.25) is 0 Å². The van der Waals surface area contributed by atoms with E-state index in [4.69, 9.17) is 0 Å². The van der Waals surface area contributed by atoms with E-state index in [2.05, 4.69) is 91.4 Å². The highest BCUT2D eigenvalue weighted by molar-refractivity contribution is 9.10. The molecule has 112 valence electrons. The maximum atomic E-state index is 3.57. The summed E-state index contributed by atoms with van der Waals surface area (Å²) in [6.45, 7) is 8.83. The van der Waals surface area contributed by atoms with Crippen molar-refractivity contribution >= 4 is 21.6 Å². The van der Waals surface area contributed by atoms with Crippen LogP contribution in [0.5, 0.6) is 0 Å². The normalized spacial score (nSPS) is 12.5. The molecule has 0 radical (unpaired) electrons. The number of halogens is 1. The third kappa shape index (κ3) is 4.89. The van der Waals surface area contributed by atoms with Gasteiger partial charge in [-0.2, -0.15) is 0 Å². The van der Waals surface area contributed by atoms with Crippen molar-refractivity contribution in [3.8, 4) is 0 Å². The molecule has 1 unspecified atom stereocenters. The summed E-state index contributed by atoms with van der Waals surface area (Å²) in [5.74, 6) is 0.705. The molecule has 0 saturated heterocycles. The molecule has 1 nitrogen and oxygen atoms in total. The number of rotatable bonds is 5. The van der Waals surface area contributed by atoms with E-state index in [1.54, 1.807) is 0 Å². The Balaban J connectivity index is 2.07. The Morgan fingerprint density at radius 3 is 2.24 bits per heavy atom. The molecule has 0 fully saturated rings. The second-order valence-corrected chi connectivity index (χ2v) is 7.14. The van der Waals surface area contributed by atoms with Gasteiger partial charge in [0.1, 0.15) is 0 Å². The summed E-state index contributed by atoms with van der Waals surface area (Å²) >= 11 is 3.55. The Kier molecular flexibility index (Phi) is 5.46. The van der Waals surface area contributed by atoms with Crippen molar-refractivity contribution in [3.63, 3.8) is 0 Å². The van der Waals surface area contributed by atoms with Crippen LogP contribution in [0.1, 0.15) is 43.5 Å². The highest BCUT2D eigenvalue weighted by Crippen LogP contribution is 2.24. The zero-order valence-electron chi connectivity index (χ0n) is 13.3. The lowest BCUT2D eigenvalue weighted by Crippen LogP contribution is -2.07. The lowest BCUT2D eigenvalue weighted by molar-refractivity contribution is 0.647. The van der Waals surface area contributed by atoms with Crippen LogP contribution in [-0.4, -0.2) is 0 Å². The molecule has 0 heterocycles. The van der Waals surface area contributed by atoms with Crippen LogP contribution in [0.4, 0.5) is 5.69 Å². The Hall–Kier alpha value is -1.28. The third-order valence-electron chi connectivity index (χ3n) is 3.55. The first-order valence-corrected chi connectivity index (χ1v) is 8.36. The molecule has 0 spiro atoms. The van der Waals surface area contributed by atoms with Gasteiger partial charge in [0.15, 0.2) is 0 Å². The predicted octanol–water partition coefficient (Wildman–Crippen LogP) is 6.13. The summed E-state index contributed by atoms with van der Waals surface area (Å²) in [4.78, 5) is 0. The van der Waals surface area contributed by atoms with Crippen LogP contribution in [0.2, 0.25) is 0 Å². The van der Waals surface area contributed by atoms with Crippen LogP contribution >= 0.6 is 15.9 Å². The molecule has 0 bridgehead atoms. The van der Waals surface area contributed by atoms with Gasteiger partial charge in [0, 0.05) is 16.2 Å². The number of hydrogen-bond donors (Lipinski definition) is 1. The molecule has 0 aliphatic rings. The van der Waals surface area contributed by atoms with Gasteiger partial charge in [-0.05, 0) is 61.1 Å². The number of nitrogens with one attached hydrogen (secondary N) is 1. The van der Waals surface area contributed by atoms with E-state index < -0.39 is 0 Å². The molecular weight excluding hydrogens is 322 g/mol. The van der Waals surface area contributed by atoms with Crippen molar-refractivity contribution in [1.29, 1.82) is 0 Å². The zero-order valence-corrected chi connectivity index (χ0v) is 14.9. The number of benzene rings is 2. The van der Waals surface area contributed by atoms with Gasteiger partial charge >= 0.3 is 0 Å². The van der Waals surface area contributed by atoms with Gasteiger partial charge in [0.05, 0.1) is 0 Å². The summed E-state index contributed by atoms with van der Waals surface area (Å²) in [6, 6.07) is 15.7. The zero-order chi connectivity index (χ0) is 15.4. The van der Waals surface area contributed by atoms with Crippen molar-refractivity contribution < 1.29 is 0 Å². The number of hydrogen-bond acceptors (Lipinski definition) is 1. The Morgan fingerprint density at radius 2 is 1.67 bits per heavy atom. The van der Waals surface area contributed by atoms with Crippen LogP contribution < -0.4 is 5.32 Å². The van der Waals surface area contributed by atoms with Gasteiger partial charge in [-0.25, -0.2) is 0 Å². The fraction of sp³-hybridized carbons (Fsp3) is 0.368. The fourth-order valence-electron chi connectivity index (χ4n) is 2.57. The molecule has 1 N–H and O–H groups in total. The Labute approximate surface area is 136 Å². The van der Waals surface area contributed by atoms with Gasteiger partial charge in [0.25, 0.3) is 0 Å². The minimum absolute atomic E-state index is 0.298. The predicted molar refractivity (Wildman–Crippen MR) is 95.9 cm³/mol. The van der Waals surface area contributed by atoms with Gasteiger partial charge < -0.3 is 5.32 Å². The van der Waals surface area contributed by atoms with Crippen LogP contribution in [0.15, 0.2) is 46.9 Å². The van der Waals surface area contributed by atoms with Crippen LogP contribution in [0.3, 0.4) is 0 Å². The molecule has 2 rings (SSSR count). The van der Waals surface area contributed by atoms with E-state index in [0.717, 1.165) is 16.6 Å². The summed E-state index contributed by atoms with van der Waals surface area (Å²) in [7, 11) is 0. The standard InChI is InChI=1S/C19H24BrN/c1-13(2)9-16-5-7-17(8-6-16)15(4)21-19-11-14(3)10-18(20)12-19/h5-8,10-13,15,21H,9H2,1-4H3. The Bertz CT molecular complexity index is 567. The van der Waals surface area contributed by atoms with Crippen molar-refractivity contribution in [3.05, 3.63) is 63.6 Å². The molecule has 2 aromatic carbocycles. The summed E-state index contributed by atoms with van der Waals surface area (Å²) in [5, 5.41) is 3.57. The minimum Gasteiger partial charge on any atom is -0.378 e. The first kappa shape index (κ1) is 16.1. The fourth-order valence-corrected chi connectivity index (χ4v) is 3.17. The quantitative estimate of drug-likeness (QED) is 0.687. The largest absolute Gasteiger partial charge is 0.378 e. The summed E-state index contributed by atoms with van der Waals surface area (Å²) in [6.07, 6.45) is 1.15. The lowest BCUT2D eigenvalue weighted by Gasteiger charge is -2.17. The van der Waals surface area contributed by atoms with Gasteiger partial charge in [-0.15, -0.1) is 0 Å². The van der Waals surface area contributed by atoms with Crippen LogP contribution in [0, 0.1) is 12.8 Å². The molecule has 2 aromatic rings. The van der Waals surface area contributed by atoms with E-state index >= 15 is 0 Å².